The maximum Gasteiger partial charge on any atom is 0.416 e. The van der Waals surface area contributed by atoms with E-state index in [4.69, 9.17) is 9.47 Å². The molecule has 0 unspecified atom stereocenters. The number of carbonyl (C=O) groups is 2. The lowest BCUT2D eigenvalue weighted by Crippen LogP contribution is -2.35. The molecule has 2 fully saturated rings. The lowest BCUT2D eigenvalue weighted by Gasteiger charge is -2.31. The van der Waals surface area contributed by atoms with E-state index in [1.807, 2.05) is 13.0 Å². The summed E-state index contributed by atoms with van der Waals surface area (Å²) in [6.45, 7) is 2.10. The minimum absolute atomic E-state index is 0.0388. The van der Waals surface area contributed by atoms with Crippen LogP contribution in [-0.4, -0.2) is 43.3 Å². The Hall–Kier alpha value is -3.64. The van der Waals surface area contributed by atoms with Crippen LogP contribution >= 0.6 is 0 Å². The van der Waals surface area contributed by atoms with Gasteiger partial charge in [0.1, 0.15) is 5.75 Å². The van der Waals surface area contributed by atoms with Gasteiger partial charge in [-0.2, -0.15) is 26.3 Å². The van der Waals surface area contributed by atoms with E-state index in [-0.39, 0.29) is 31.5 Å². The first kappa shape index (κ1) is 30.8. The number of benzene rings is 2. The van der Waals surface area contributed by atoms with Crippen LogP contribution < -0.4 is 4.90 Å². The summed E-state index contributed by atoms with van der Waals surface area (Å²) in [5, 5.41) is 10.1. The molecule has 43 heavy (non-hydrogen) atoms. The van der Waals surface area contributed by atoms with Crippen molar-refractivity contribution in [3.05, 3.63) is 75.9 Å². The quantitative estimate of drug-likeness (QED) is 0.213. The molecule has 0 radical (unpaired) electrons. The molecule has 4 atom stereocenters. The molecule has 0 bridgehead atoms. The van der Waals surface area contributed by atoms with Crippen LogP contribution in [0.4, 0.5) is 32.0 Å². The van der Waals surface area contributed by atoms with E-state index >= 15 is 0 Å². The number of fused-ring (bicyclic) bond motifs is 3. The molecule has 2 aromatic rings. The van der Waals surface area contributed by atoms with Gasteiger partial charge in [-0.25, -0.2) is 4.90 Å². The van der Waals surface area contributed by atoms with Gasteiger partial charge in [-0.1, -0.05) is 29.8 Å². The smallest absolute Gasteiger partial charge is 0.416 e. The second kappa shape index (κ2) is 11.5. The van der Waals surface area contributed by atoms with Gasteiger partial charge in [0.2, 0.25) is 11.8 Å². The molecule has 0 aromatic heterocycles. The van der Waals surface area contributed by atoms with Crippen LogP contribution in [-0.2, 0) is 31.4 Å². The molecule has 12 heteroatoms. The average Bonchev–Trinajstić information content (AvgIpc) is 3.46. The standard InChI is InChI=1S/C31H29F6NO5/c1-16(9-17-5-3-4-6-24(17)39)7-8-25-26-18(14-42-2)10-22-27(23(26)15-43-25)29(41)38(28(22)40)21-12-19(30(32,33)34)11-20(13-21)31(35,36)37/h3-6,9,11-13,22-23,25,27,39H,7-8,10,14-15H2,1-2H3/b16-9+/t22-,23+,25-,27-/m1/s1. The largest absolute Gasteiger partial charge is 0.507 e. The number of methoxy groups -OCH3 is 1. The minimum Gasteiger partial charge on any atom is -0.507 e. The highest BCUT2D eigenvalue weighted by atomic mass is 19.4. The molecule has 3 aliphatic rings. The second-order valence-electron chi connectivity index (χ2n) is 11.1. The Morgan fingerprint density at radius 2 is 1.67 bits per heavy atom. The van der Waals surface area contributed by atoms with E-state index in [9.17, 15) is 41.0 Å². The number of phenolic OH excluding ortho intramolecular Hbond substituents is 1. The Labute approximate surface area is 243 Å². The van der Waals surface area contributed by atoms with Crippen molar-refractivity contribution < 1.29 is 50.5 Å². The highest BCUT2D eigenvalue weighted by Gasteiger charge is 2.57. The van der Waals surface area contributed by atoms with Crippen molar-refractivity contribution in [2.45, 2.75) is 44.6 Å². The lowest BCUT2D eigenvalue weighted by atomic mass is 9.69. The first-order valence-electron chi connectivity index (χ1n) is 13.7. The van der Waals surface area contributed by atoms with Gasteiger partial charge in [-0.05, 0) is 61.6 Å². The van der Waals surface area contributed by atoms with Crippen LogP contribution in [0.2, 0.25) is 0 Å². The fraction of sp³-hybridized carbons (Fsp3) is 0.419. The van der Waals surface area contributed by atoms with Crippen LogP contribution in [0.5, 0.6) is 5.75 Å². The van der Waals surface area contributed by atoms with Crippen molar-refractivity contribution in [3.8, 4) is 5.75 Å². The zero-order chi connectivity index (χ0) is 31.3. The topological polar surface area (TPSA) is 76.1 Å². The number of halogens is 6. The van der Waals surface area contributed by atoms with Crippen LogP contribution in [0.25, 0.3) is 6.08 Å². The van der Waals surface area contributed by atoms with Crippen LogP contribution in [0.15, 0.2) is 59.2 Å². The summed E-state index contributed by atoms with van der Waals surface area (Å²) in [5.74, 6) is -4.10. The Morgan fingerprint density at radius 3 is 2.28 bits per heavy atom. The van der Waals surface area contributed by atoms with E-state index in [0.29, 0.717) is 35.4 Å². The minimum atomic E-state index is -5.13. The molecule has 0 saturated carbocycles. The van der Waals surface area contributed by atoms with E-state index in [0.717, 1.165) is 16.7 Å². The summed E-state index contributed by atoms with van der Waals surface area (Å²) in [4.78, 5) is 27.7. The third-order valence-electron chi connectivity index (χ3n) is 8.30. The molecule has 230 valence electrons. The van der Waals surface area contributed by atoms with Gasteiger partial charge in [0.05, 0.1) is 48.0 Å². The van der Waals surface area contributed by atoms with E-state index in [1.54, 1.807) is 24.3 Å². The third-order valence-corrected chi connectivity index (χ3v) is 8.30. The maximum absolute atomic E-state index is 13.7. The van der Waals surface area contributed by atoms with Gasteiger partial charge >= 0.3 is 12.4 Å². The molecule has 6 nitrogen and oxygen atoms in total. The molecule has 0 spiro atoms. The Morgan fingerprint density at radius 1 is 1.02 bits per heavy atom. The highest BCUT2D eigenvalue weighted by molar-refractivity contribution is 6.22. The van der Waals surface area contributed by atoms with Crippen LogP contribution in [0.3, 0.4) is 0 Å². The van der Waals surface area contributed by atoms with Gasteiger partial charge in [0.15, 0.2) is 0 Å². The second-order valence-corrected chi connectivity index (χ2v) is 11.1. The van der Waals surface area contributed by atoms with Crippen molar-refractivity contribution in [1.29, 1.82) is 0 Å². The molecule has 1 aliphatic carbocycles. The van der Waals surface area contributed by atoms with Crippen LogP contribution in [0.1, 0.15) is 42.9 Å². The number of amides is 2. The summed E-state index contributed by atoms with van der Waals surface area (Å²) in [6, 6.07) is 7.64. The third kappa shape index (κ3) is 5.95. The number of nitrogens with zero attached hydrogens (tertiary/aromatic N) is 1. The number of allylic oxidation sites excluding steroid dienone is 1. The first-order chi connectivity index (χ1) is 20.2. The number of imide groups is 1. The monoisotopic (exact) mass is 609 g/mol. The number of anilines is 1. The molecule has 2 aliphatic heterocycles. The summed E-state index contributed by atoms with van der Waals surface area (Å²) in [6.07, 6.45) is -7.67. The predicted molar refractivity (Wildman–Crippen MR) is 144 cm³/mol. The maximum atomic E-state index is 13.7. The number of phenols is 1. The Bertz CT molecular complexity index is 1460. The van der Waals surface area contributed by atoms with Crippen molar-refractivity contribution in [3.63, 3.8) is 0 Å². The molecule has 2 saturated heterocycles. The van der Waals surface area contributed by atoms with Crippen molar-refractivity contribution in [2.75, 3.05) is 25.2 Å². The van der Waals surface area contributed by atoms with Crippen molar-refractivity contribution in [1.82, 2.24) is 0 Å². The molecular formula is C31H29F6NO5. The number of rotatable bonds is 7. The molecule has 5 rings (SSSR count). The predicted octanol–water partition coefficient (Wildman–Crippen LogP) is 6.78. The summed E-state index contributed by atoms with van der Waals surface area (Å²) in [5.41, 5.74) is -0.834. The van der Waals surface area contributed by atoms with Gasteiger partial charge in [-0.3, -0.25) is 9.59 Å². The highest BCUT2D eigenvalue weighted by Crippen LogP contribution is 2.51. The Kier molecular flexibility index (Phi) is 8.21. The molecular weight excluding hydrogens is 580 g/mol. The van der Waals surface area contributed by atoms with E-state index in [1.165, 1.54) is 7.11 Å². The number of para-hydroxylation sites is 1. The average molecular weight is 610 g/mol. The SMILES string of the molecule is COCC1=C2[C@@H](CC/C(C)=C/c3ccccc3O)OC[C@@H]2[C@@H]2C(=O)N(c3cc(C(F)(F)F)cc(C(F)(F)F)c3)C(=O)[C@@H]2C1. The summed E-state index contributed by atoms with van der Waals surface area (Å²) >= 11 is 0. The fourth-order valence-corrected chi connectivity index (χ4v) is 6.41. The van der Waals surface area contributed by atoms with Crippen molar-refractivity contribution in [2.24, 2.45) is 17.8 Å². The zero-order valence-electron chi connectivity index (χ0n) is 23.3. The zero-order valence-corrected chi connectivity index (χ0v) is 23.3. The van der Waals surface area contributed by atoms with Gasteiger partial charge in [-0.15, -0.1) is 0 Å². The number of ether oxygens (including phenoxy) is 2. The normalized spacial score (nSPS) is 24.6. The number of hydrogen-bond acceptors (Lipinski definition) is 5. The number of alkyl halides is 6. The number of carbonyl (C=O) groups excluding carboxylic acids is 2. The summed E-state index contributed by atoms with van der Waals surface area (Å²) < 4.78 is 92.6. The van der Waals surface area contributed by atoms with Gasteiger partial charge in [0.25, 0.3) is 0 Å². The lowest BCUT2D eigenvalue weighted by molar-refractivity contribution is -0.143. The fourth-order valence-electron chi connectivity index (χ4n) is 6.41. The van der Waals surface area contributed by atoms with E-state index < -0.39 is 64.8 Å². The molecule has 2 aromatic carbocycles. The molecule has 2 amide bonds. The van der Waals surface area contributed by atoms with Gasteiger partial charge < -0.3 is 14.6 Å². The van der Waals surface area contributed by atoms with Crippen molar-refractivity contribution >= 4 is 23.6 Å². The summed E-state index contributed by atoms with van der Waals surface area (Å²) in [7, 11) is 1.47. The number of aromatic hydroxyl groups is 1. The molecule has 2 heterocycles. The Balaban J connectivity index is 1.44. The van der Waals surface area contributed by atoms with E-state index in [2.05, 4.69) is 0 Å². The van der Waals surface area contributed by atoms with Gasteiger partial charge in [0, 0.05) is 18.6 Å². The van der Waals surface area contributed by atoms with Crippen LogP contribution in [0, 0.1) is 17.8 Å². The number of hydrogen-bond donors (Lipinski definition) is 1. The molecule has 1 N–H and O–H groups in total. The first-order valence-corrected chi connectivity index (χ1v) is 13.7.